The molecule has 0 spiro atoms. The number of ether oxygens (including phenoxy) is 1. The number of nitrogens with two attached hydrogens (primary N) is 1. The number of hydrogen-bond donors (Lipinski definition) is 1. The standard InChI is InChI=1S/C11H10F5NO4S/c1-5-3-7(10(12,13)11(14,15)16)6(9(18)21-2)4-8(5)22(17,19)20/h3-4H,1-2H3,(H2,17,19,20). The van der Waals surface area contributed by atoms with Gasteiger partial charge >= 0.3 is 18.1 Å². The van der Waals surface area contributed by atoms with Gasteiger partial charge in [-0.25, -0.2) is 18.4 Å². The van der Waals surface area contributed by atoms with E-state index >= 15 is 0 Å². The number of carbonyl (C=O) groups excluding carboxylic acids is 1. The minimum Gasteiger partial charge on any atom is -0.465 e. The molecule has 0 aliphatic carbocycles. The molecule has 1 rings (SSSR count). The Labute approximate surface area is 121 Å². The lowest BCUT2D eigenvalue weighted by Gasteiger charge is -2.23. The Bertz CT molecular complexity index is 712. The summed E-state index contributed by atoms with van der Waals surface area (Å²) in [6, 6.07) is 0.588. The van der Waals surface area contributed by atoms with Gasteiger partial charge in [0.15, 0.2) is 0 Å². The third kappa shape index (κ3) is 3.19. The largest absolute Gasteiger partial charge is 0.465 e. The topological polar surface area (TPSA) is 86.5 Å². The van der Waals surface area contributed by atoms with Gasteiger partial charge in [0.2, 0.25) is 10.0 Å². The normalized spacial score (nSPS) is 13.1. The van der Waals surface area contributed by atoms with Crippen LogP contribution >= 0.6 is 0 Å². The molecule has 0 aromatic heterocycles. The van der Waals surface area contributed by atoms with Crippen LogP contribution in [0.1, 0.15) is 21.5 Å². The van der Waals surface area contributed by atoms with Crippen LogP contribution in [0.15, 0.2) is 17.0 Å². The number of aryl methyl sites for hydroxylation is 1. The third-order valence-electron chi connectivity index (χ3n) is 2.72. The Morgan fingerprint density at radius 2 is 1.68 bits per heavy atom. The predicted molar refractivity (Wildman–Crippen MR) is 63.8 cm³/mol. The highest BCUT2D eigenvalue weighted by molar-refractivity contribution is 7.89. The van der Waals surface area contributed by atoms with Crippen molar-refractivity contribution in [3.8, 4) is 0 Å². The second kappa shape index (κ2) is 5.47. The smallest absolute Gasteiger partial charge is 0.458 e. The molecule has 0 radical (unpaired) electrons. The number of rotatable bonds is 3. The Hall–Kier alpha value is -1.75. The van der Waals surface area contributed by atoms with Gasteiger partial charge in [0, 0.05) is 5.56 Å². The van der Waals surface area contributed by atoms with Crippen LogP contribution in [0.25, 0.3) is 0 Å². The van der Waals surface area contributed by atoms with Gasteiger partial charge in [-0.15, -0.1) is 0 Å². The van der Waals surface area contributed by atoms with Crippen molar-refractivity contribution in [2.24, 2.45) is 5.14 Å². The highest BCUT2D eigenvalue weighted by atomic mass is 32.2. The summed E-state index contributed by atoms with van der Waals surface area (Å²) in [5.74, 6) is -6.93. The molecule has 0 saturated carbocycles. The molecule has 0 fully saturated rings. The Morgan fingerprint density at radius 1 is 1.18 bits per heavy atom. The van der Waals surface area contributed by atoms with Crippen LogP contribution in [-0.4, -0.2) is 27.7 Å². The van der Waals surface area contributed by atoms with E-state index in [2.05, 4.69) is 4.74 Å². The van der Waals surface area contributed by atoms with Crippen molar-refractivity contribution in [3.05, 3.63) is 28.8 Å². The van der Waals surface area contributed by atoms with E-state index in [1.165, 1.54) is 0 Å². The first-order valence-corrected chi connectivity index (χ1v) is 6.99. The van der Waals surface area contributed by atoms with Gasteiger partial charge < -0.3 is 4.74 Å². The molecule has 0 heterocycles. The SMILES string of the molecule is COC(=O)c1cc(S(N)(=O)=O)c(C)cc1C(F)(F)C(F)(F)F. The predicted octanol–water partition coefficient (Wildman–Crippen LogP) is 2.08. The van der Waals surface area contributed by atoms with E-state index in [4.69, 9.17) is 5.14 Å². The fourth-order valence-electron chi connectivity index (χ4n) is 1.69. The molecule has 0 aliphatic rings. The first kappa shape index (κ1) is 18.3. The molecule has 0 saturated heterocycles. The number of primary sulfonamides is 1. The number of esters is 1. The number of alkyl halides is 5. The van der Waals surface area contributed by atoms with Crippen LogP contribution in [0.2, 0.25) is 0 Å². The van der Waals surface area contributed by atoms with Crippen molar-refractivity contribution in [2.45, 2.75) is 23.9 Å². The number of benzene rings is 1. The minimum atomic E-state index is -5.98. The summed E-state index contributed by atoms with van der Waals surface area (Å²) in [5.41, 5.74) is -3.41. The lowest BCUT2D eigenvalue weighted by Crippen LogP contribution is -2.35. The fraction of sp³-hybridized carbons (Fsp3) is 0.364. The molecular formula is C11H10F5NO4S. The Balaban J connectivity index is 3.81. The molecule has 5 nitrogen and oxygen atoms in total. The van der Waals surface area contributed by atoms with Crippen molar-refractivity contribution >= 4 is 16.0 Å². The van der Waals surface area contributed by atoms with Crippen molar-refractivity contribution in [3.63, 3.8) is 0 Å². The molecule has 1 aromatic carbocycles. The zero-order valence-electron chi connectivity index (χ0n) is 11.2. The van der Waals surface area contributed by atoms with E-state index in [9.17, 15) is 35.2 Å². The van der Waals surface area contributed by atoms with Gasteiger partial charge in [-0.2, -0.15) is 22.0 Å². The Kier molecular flexibility index (Phi) is 4.55. The van der Waals surface area contributed by atoms with Crippen LogP contribution in [0.4, 0.5) is 22.0 Å². The highest BCUT2D eigenvalue weighted by Crippen LogP contribution is 2.46. The van der Waals surface area contributed by atoms with Crippen molar-refractivity contribution in [1.82, 2.24) is 0 Å². The summed E-state index contributed by atoms with van der Waals surface area (Å²) in [7, 11) is -3.69. The summed E-state index contributed by atoms with van der Waals surface area (Å²) in [5, 5.41) is 4.82. The van der Waals surface area contributed by atoms with E-state index < -0.39 is 49.7 Å². The summed E-state index contributed by atoms with van der Waals surface area (Å²) in [6.07, 6.45) is -5.98. The zero-order valence-corrected chi connectivity index (χ0v) is 12.0. The average Bonchev–Trinajstić information content (AvgIpc) is 2.34. The van der Waals surface area contributed by atoms with E-state index in [0.29, 0.717) is 6.07 Å². The number of carbonyl (C=O) groups is 1. The van der Waals surface area contributed by atoms with Gasteiger partial charge in [0.1, 0.15) is 0 Å². The van der Waals surface area contributed by atoms with Crippen LogP contribution in [-0.2, 0) is 20.7 Å². The molecule has 22 heavy (non-hydrogen) atoms. The Morgan fingerprint density at radius 3 is 2.05 bits per heavy atom. The first-order valence-electron chi connectivity index (χ1n) is 5.44. The minimum absolute atomic E-state index is 0.249. The second-order valence-electron chi connectivity index (χ2n) is 4.27. The molecule has 0 amide bonds. The first-order chi connectivity index (χ1) is 9.73. The van der Waals surface area contributed by atoms with Crippen molar-refractivity contribution in [2.75, 3.05) is 7.11 Å². The number of sulfonamides is 1. The van der Waals surface area contributed by atoms with Crippen LogP contribution < -0.4 is 5.14 Å². The summed E-state index contributed by atoms with van der Waals surface area (Å²) in [6.45, 7) is 0.969. The third-order valence-corrected chi connectivity index (χ3v) is 3.77. The van der Waals surface area contributed by atoms with Crippen molar-refractivity contribution < 1.29 is 39.9 Å². The van der Waals surface area contributed by atoms with E-state index in [1.54, 1.807) is 0 Å². The number of hydrogen-bond acceptors (Lipinski definition) is 4. The van der Waals surface area contributed by atoms with Crippen LogP contribution in [0.5, 0.6) is 0 Å². The number of halogens is 5. The van der Waals surface area contributed by atoms with Gasteiger partial charge in [0.25, 0.3) is 0 Å². The summed E-state index contributed by atoms with van der Waals surface area (Å²) < 4.78 is 91.2. The van der Waals surface area contributed by atoms with Crippen molar-refractivity contribution in [1.29, 1.82) is 0 Å². The van der Waals surface area contributed by atoms with Crippen LogP contribution in [0, 0.1) is 6.92 Å². The molecule has 0 atom stereocenters. The van der Waals surface area contributed by atoms with E-state index in [0.717, 1.165) is 14.0 Å². The van der Waals surface area contributed by atoms with Gasteiger partial charge in [-0.3, -0.25) is 0 Å². The average molecular weight is 347 g/mol. The monoisotopic (exact) mass is 347 g/mol. The quantitative estimate of drug-likeness (QED) is 0.670. The summed E-state index contributed by atoms with van der Waals surface area (Å²) in [4.78, 5) is 10.7. The molecule has 2 N–H and O–H groups in total. The maximum Gasteiger partial charge on any atom is 0.458 e. The maximum atomic E-state index is 13.5. The molecule has 1 aromatic rings. The number of methoxy groups -OCH3 is 1. The fourth-order valence-corrected chi connectivity index (χ4v) is 2.48. The zero-order chi connectivity index (χ0) is 17.5. The molecular weight excluding hydrogens is 337 g/mol. The molecule has 0 bridgehead atoms. The lowest BCUT2D eigenvalue weighted by molar-refractivity contribution is -0.289. The molecule has 124 valence electrons. The lowest BCUT2D eigenvalue weighted by atomic mass is 9.98. The van der Waals surface area contributed by atoms with E-state index in [-0.39, 0.29) is 6.07 Å². The van der Waals surface area contributed by atoms with Crippen LogP contribution in [0.3, 0.4) is 0 Å². The molecule has 11 heteroatoms. The molecule has 0 unspecified atom stereocenters. The van der Waals surface area contributed by atoms with E-state index in [1.807, 2.05) is 0 Å². The van der Waals surface area contributed by atoms with Gasteiger partial charge in [-0.05, 0) is 24.6 Å². The highest BCUT2D eigenvalue weighted by Gasteiger charge is 2.60. The second-order valence-corrected chi connectivity index (χ2v) is 5.80. The van der Waals surface area contributed by atoms with Gasteiger partial charge in [0.05, 0.1) is 17.6 Å². The maximum absolute atomic E-state index is 13.5. The molecule has 0 aliphatic heterocycles. The van der Waals surface area contributed by atoms with Gasteiger partial charge in [-0.1, -0.05) is 0 Å². The summed E-state index contributed by atoms with van der Waals surface area (Å²) >= 11 is 0.